The van der Waals surface area contributed by atoms with Crippen molar-refractivity contribution in [3.63, 3.8) is 0 Å². The monoisotopic (exact) mass is 220 g/mol. The molecule has 7 nitrogen and oxygen atoms in total. The molecule has 1 aromatic rings. The maximum absolute atomic E-state index is 11.0. The van der Waals surface area contributed by atoms with E-state index in [1.54, 1.807) is 0 Å². The second-order valence-corrected chi connectivity index (χ2v) is 2.91. The van der Waals surface area contributed by atoms with Gasteiger partial charge in [-0.3, -0.25) is 14.4 Å². The molecule has 16 heavy (non-hydrogen) atoms. The van der Waals surface area contributed by atoms with Crippen molar-refractivity contribution in [2.45, 2.75) is 0 Å². The molecule has 0 heterocycles. The van der Waals surface area contributed by atoms with Gasteiger partial charge >= 0.3 is 0 Å². The van der Waals surface area contributed by atoms with Crippen molar-refractivity contribution >= 4 is 17.7 Å². The van der Waals surface area contributed by atoms with Gasteiger partial charge in [0, 0.05) is 5.56 Å². The summed E-state index contributed by atoms with van der Waals surface area (Å²) in [5.41, 5.74) is 16.3. The van der Waals surface area contributed by atoms with Crippen LogP contribution in [0.25, 0.3) is 0 Å². The van der Waals surface area contributed by atoms with Crippen LogP contribution in [0.4, 0.5) is 0 Å². The molecule has 3 amide bonds. The molecule has 1 aromatic carbocycles. The molecule has 0 unspecified atom stereocenters. The van der Waals surface area contributed by atoms with Crippen LogP contribution in [0.2, 0.25) is 0 Å². The third kappa shape index (κ3) is 2.08. The first-order valence-corrected chi connectivity index (χ1v) is 4.12. The Morgan fingerprint density at radius 1 is 1.06 bits per heavy atom. The number of carbonyl (C=O) groups is 3. The predicted molar refractivity (Wildman–Crippen MR) is 53.0 cm³/mol. The van der Waals surface area contributed by atoms with Gasteiger partial charge in [0.2, 0.25) is 11.8 Å². The lowest BCUT2D eigenvalue weighted by atomic mass is 10.0. The Balaban J connectivity index is 3.39. The molecule has 0 aliphatic rings. The maximum Gasteiger partial charge on any atom is 0.294 e. The number of nitrogens with one attached hydrogen (secondary N) is 1. The van der Waals surface area contributed by atoms with Crippen LogP contribution in [0, 0.1) is 5.53 Å². The molecule has 0 aliphatic heterocycles. The van der Waals surface area contributed by atoms with Crippen molar-refractivity contribution in [2.75, 3.05) is 0 Å². The summed E-state index contributed by atoms with van der Waals surface area (Å²) < 4.78 is 0. The maximum atomic E-state index is 11.0. The lowest BCUT2D eigenvalue weighted by Gasteiger charge is -2.04. The van der Waals surface area contributed by atoms with E-state index in [0.717, 1.165) is 6.07 Å². The van der Waals surface area contributed by atoms with Crippen molar-refractivity contribution in [1.82, 2.24) is 0 Å². The van der Waals surface area contributed by atoms with E-state index in [1.165, 1.54) is 12.1 Å². The molecular weight excluding hydrogens is 212 g/mol. The van der Waals surface area contributed by atoms with Gasteiger partial charge in [-0.15, -0.1) is 5.11 Å². The zero-order valence-corrected chi connectivity index (χ0v) is 8.06. The van der Waals surface area contributed by atoms with Crippen LogP contribution >= 0.6 is 0 Å². The Kier molecular flexibility index (Phi) is 3.09. The van der Waals surface area contributed by atoms with Crippen LogP contribution in [0.1, 0.15) is 31.1 Å². The highest BCUT2D eigenvalue weighted by atomic mass is 16.2. The number of carbonyl (C=O) groups excluding carboxylic acids is 3. The standard InChI is InChI=1S/C9H8N4O3/c10-7(14)5-2-1-4(9(16)13-12)3-6(5)8(11)15/h1-3,12H,(H2,10,14)(H2,11,15). The first-order chi connectivity index (χ1) is 7.47. The molecule has 7 heteroatoms. The van der Waals surface area contributed by atoms with Gasteiger partial charge in [-0.2, -0.15) is 0 Å². The van der Waals surface area contributed by atoms with Gasteiger partial charge in [0.1, 0.15) is 0 Å². The molecule has 0 saturated carbocycles. The Morgan fingerprint density at radius 3 is 2.06 bits per heavy atom. The van der Waals surface area contributed by atoms with Crippen molar-refractivity contribution in [3.05, 3.63) is 34.9 Å². The molecule has 0 spiro atoms. The highest BCUT2D eigenvalue weighted by Crippen LogP contribution is 2.12. The summed E-state index contributed by atoms with van der Waals surface area (Å²) in [6, 6.07) is 3.52. The van der Waals surface area contributed by atoms with Crippen LogP contribution in [0.5, 0.6) is 0 Å². The highest BCUT2D eigenvalue weighted by Gasteiger charge is 2.15. The fourth-order valence-electron chi connectivity index (χ4n) is 1.16. The summed E-state index contributed by atoms with van der Waals surface area (Å²) in [4.78, 5) is 33.0. The number of nitrogens with two attached hydrogens (primary N) is 2. The van der Waals surface area contributed by atoms with Gasteiger partial charge in [0.15, 0.2) is 0 Å². The minimum Gasteiger partial charge on any atom is -0.366 e. The minimum absolute atomic E-state index is 0.00574. The predicted octanol–water partition coefficient (Wildman–Crippen LogP) is 0.0556. The largest absolute Gasteiger partial charge is 0.366 e. The van der Waals surface area contributed by atoms with Gasteiger partial charge < -0.3 is 11.5 Å². The van der Waals surface area contributed by atoms with Crippen LogP contribution < -0.4 is 11.5 Å². The van der Waals surface area contributed by atoms with Crippen LogP contribution in [-0.4, -0.2) is 17.7 Å². The van der Waals surface area contributed by atoms with E-state index < -0.39 is 17.7 Å². The summed E-state index contributed by atoms with van der Waals surface area (Å²) in [6.45, 7) is 0. The number of hydrogen-bond donors (Lipinski definition) is 3. The summed E-state index contributed by atoms with van der Waals surface area (Å²) >= 11 is 0. The second kappa shape index (κ2) is 4.30. The van der Waals surface area contributed by atoms with Crippen molar-refractivity contribution < 1.29 is 14.4 Å². The molecular formula is C9H8N4O3. The third-order valence-electron chi connectivity index (χ3n) is 1.90. The van der Waals surface area contributed by atoms with E-state index in [9.17, 15) is 14.4 Å². The normalized spacial score (nSPS) is 9.50. The fourth-order valence-corrected chi connectivity index (χ4v) is 1.16. The third-order valence-corrected chi connectivity index (χ3v) is 1.90. The summed E-state index contributed by atoms with van der Waals surface area (Å²) in [7, 11) is 0. The van der Waals surface area contributed by atoms with E-state index in [0.29, 0.717) is 0 Å². The van der Waals surface area contributed by atoms with Crippen molar-refractivity contribution in [2.24, 2.45) is 16.6 Å². The molecule has 0 aromatic heterocycles. The first-order valence-electron chi connectivity index (χ1n) is 4.12. The number of nitrogens with zero attached hydrogens (tertiary/aromatic N) is 1. The molecule has 0 bridgehead atoms. The number of amides is 3. The average Bonchev–Trinajstić information content (AvgIpc) is 2.26. The van der Waals surface area contributed by atoms with Crippen molar-refractivity contribution in [1.29, 1.82) is 5.53 Å². The summed E-state index contributed by atoms with van der Waals surface area (Å²) in [6.07, 6.45) is 0. The molecule has 0 aliphatic carbocycles. The minimum atomic E-state index is -0.881. The summed E-state index contributed by atoms with van der Waals surface area (Å²) in [5.74, 6) is -2.54. The van der Waals surface area contributed by atoms with Gasteiger partial charge in [0.25, 0.3) is 5.91 Å². The highest BCUT2D eigenvalue weighted by molar-refractivity contribution is 6.08. The zero-order valence-electron chi connectivity index (χ0n) is 8.06. The lowest BCUT2D eigenvalue weighted by molar-refractivity contribution is 0.0965. The topological polar surface area (TPSA) is 139 Å². The van der Waals surface area contributed by atoms with Crippen LogP contribution in [-0.2, 0) is 0 Å². The van der Waals surface area contributed by atoms with Gasteiger partial charge in [0.05, 0.1) is 11.1 Å². The number of primary amides is 2. The van der Waals surface area contributed by atoms with E-state index in [1.807, 2.05) is 0 Å². The van der Waals surface area contributed by atoms with Crippen LogP contribution in [0.3, 0.4) is 0 Å². The first kappa shape index (κ1) is 11.5. The van der Waals surface area contributed by atoms with E-state index in [-0.39, 0.29) is 16.7 Å². The smallest absolute Gasteiger partial charge is 0.294 e. The molecule has 0 fully saturated rings. The molecule has 0 saturated heterocycles. The van der Waals surface area contributed by atoms with Gasteiger partial charge in [-0.1, -0.05) is 0 Å². The zero-order chi connectivity index (χ0) is 12.3. The van der Waals surface area contributed by atoms with Crippen LogP contribution in [0.15, 0.2) is 23.3 Å². The number of rotatable bonds is 3. The van der Waals surface area contributed by atoms with Crippen molar-refractivity contribution in [3.8, 4) is 0 Å². The lowest BCUT2D eigenvalue weighted by Crippen LogP contribution is -2.21. The Bertz CT molecular complexity index is 496. The Hall–Kier alpha value is -2.57. The Labute approximate surface area is 89.9 Å². The van der Waals surface area contributed by atoms with Gasteiger partial charge in [-0.05, 0) is 18.2 Å². The Morgan fingerprint density at radius 2 is 1.62 bits per heavy atom. The molecule has 5 N–H and O–H groups in total. The van der Waals surface area contributed by atoms with Gasteiger partial charge in [-0.25, -0.2) is 5.53 Å². The molecule has 0 radical (unpaired) electrons. The van der Waals surface area contributed by atoms with E-state index >= 15 is 0 Å². The second-order valence-electron chi connectivity index (χ2n) is 2.91. The summed E-state index contributed by atoms with van der Waals surface area (Å²) in [5, 5.41) is 2.68. The quantitative estimate of drug-likeness (QED) is 0.620. The SMILES string of the molecule is N=NC(=O)c1ccc(C(N)=O)c(C(N)=O)c1. The van der Waals surface area contributed by atoms with E-state index in [4.69, 9.17) is 17.0 Å². The number of benzene rings is 1. The average molecular weight is 220 g/mol. The fraction of sp³-hybridized carbons (Fsp3) is 0. The van der Waals surface area contributed by atoms with E-state index in [2.05, 4.69) is 5.11 Å². The molecule has 1 rings (SSSR count). The molecule has 82 valence electrons. The number of hydrogen-bond acceptors (Lipinski definition) is 4. The molecule has 0 atom stereocenters.